The molecule has 1 rings (SSSR count). The van der Waals surface area contributed by atoms with E-state index in [9.17, 15) is 5.11 Å². The zero-order chi connectivity index (χ0) is 12.7. The van der Waals surface area contributed by atoms with Gasteiger partial charge in [0.15, 0.2) is 0 Å². The van der Waals surface area contributed by atoms with Crippen molar-refractivity contribution in [2.24, 2.45) is 5.41 Å². The number of methoxy groups -OCH3 is 1. The Labute approximate surface area is 105 Å². The standard InChI is InChI=1S/C13H27NO3/c1-4-13(5-6-13)10-14-7-12(15)9-17-11(2)8-16-3/h11-12,14-15H,4-10H2,1-3H3. The van der Waals surface area contributed by atoms with Crippen molar-refractivity contribution < 1.29 is 14.6 Å². The fourth-order valence-electron chi connectivity index (χ4n) is 1.95. The lowest BCUT2D eigenvalue weighted by Gasteiger charge is -2.18. The third-order valence-electron chi connectivity index (χ3n) is 3.56. The average molecular weight is 245 g/mol. The van der Waals surface area contributed by atoms with Gasteiger partial charge in [0.2, 0.25) is 0 Å². The highest BCUT2D eigenvalue weighted by atomic mass is 16.5. The van der Waals surface area contributed by atoms with Gasteiger partial charge < -0.3 is 19.9 Å². The topological polar surface area (TPSA) is 50.7 Å². The van der Waals surface area contributed by atoms with Gasteiger partial charge in [0.25, 0.3) is 0 Å². The predicted octanol–water partition coefficient (Wildman–Crippen LogP) is 1.18. The fourth-order valence-corrected chi connectivity index (χ4v) is 1.95. The first-order chi connectivity index (χ1) is 8.12. The molecular formula is C13H27NO3. The van der Waals surface area contributed by atoms with Crippen molar-refractivity contribution in [3.63, 3.8) is 0 Å². The second-order valence-corrected chi connectivity index (χ2v) is 5.24. The summed E-state index contributed by atoms with van der Waals surface area (Å²) in [4.78, 5) is 0. The van der Waals surface area contributed by atoms with E-state index in [-0.39, 0.29) is 6.10 Å². The second kappa shape index (κ2) is 7.31. The van der Waals surface area contributed by atoms with Gasteiger partial charge in [-0.3, -0.25) is 0 Å². The number of nitrogens with one attached hydrogen (secondary N) is 1. The highest BCUT2D eigenvalue weighted by Crippen LogP contribution is 2.47. The first kappa shape index (κ1) is 14.9. The molecule has 0 radical (unpaired) electrons. The first-order valence-corrected chi connectivity index (χ1v) is 6.61. The van der Waals surface area contributed by atoms with Gasteiger partial charge in [-0.1, -0.05) is 6.92 Å². The van der Waals surface area contributed by atoms with Crippen molar-refractivity contribution in [3.05, 3.63) is 0 Å². The molecule has 0 amide bonds. The van der Waals surface area contributed by atoms with E-state index in [1.165, 1.54) is 19.3 Å². The second-order valence-electron chi connectivity index (χ2n) is 5.24. The molecule has 1 fully saturated rings. The van der Waals surface area contributed by atoms with Crippen LogP contribution in [-0.4, -0.2) is 50.7 Å². The Bertz CT molecular complexity index is 207. The summed E-state index contributed by atoms with van der Waals surface area (Å²) in [5.41, 5.74) is 0.532. The SMILES string of the molecule is CCC1(CNCC(O)COC(C)COC)CC1. The van der Waals surface area contributed by atoms with Crippen molar-refractivity contribution in [1.82, 2.24) is 5.32 Å². The molecular weight excluding hydrogens is 218 g/mol. The van der Waals surface area contributed by atoms with Gasteiger partial charge in [0.05, 0.1) is 25.4 Å². The van der Waals surface area contributed by atoms with Crippen LogP contribution in [0.3, 0.4) is 0 Å². The first-order valence-electron chi connectivity index (χ1n) is 6.61. The van der Waals surface area contributed by atoms with Crippen molar-refractivity contribution in [2.75, 3.05) is 33.4 Å². The van der Waals surface area contributed by atoms with E-state index in [4.69, 9.17) is 9.47 Å². The molecule has 0 aromatic carbocycles. The summed E-state index contributed by atoms with van der Waals surface area (Å²) in [6.45, 7) is 6.76. The molecule has 1 saturated carbocycles. The lowest BCUT2D eigenvalue weighted by atomic mass is 10.0. The van der Waals surface area contributed by atoms with E-state index in [2.05, 4.69) is 12.2 Å². The van der Waals surface area contributed by atoms with Crippen LogP contribution in [0.25, 0.3) is 0 Å². The largest absolute Gasteiger partial charge is 0.389 e. The van der Waals surface area contributed by atoms with Crippen LogP contribution < -0.4 is 5.32 Å². The zero-order valence-electron chi connectivity index (χ0n) is 11.4. The maximum Gasteiger partial charge on any atom is 0.0897 e. The molecule has 0 spiro atoms. The number of hydrogen-bond acceptors (Lipinski definition) is 4. The summed E-state index contributed by atoms with van der Waals surface area (Å²) in [5.74, 6) is 0. The summed E-state index contributed by atoms with van der Waals surface area (Å²) in [5, 5.41) is 13.1. The molecule has 4 nitrogen and oxygen atoms in total. The lowest BCUT2D eigenvalue weighted by Crippen LogP contribution is -2.35. The minimum atomic E-state index is -0.429. The molecule has 1 aliphatic rings. The van der Waals surface area contributed by atoms with Crippen LogP contribution in [0.1, 0.15) is 33.1 Å². The Morgan fingerprint density at radius 2 is 2.06 bits per heavy atom. The Morgan fingerprint density at radius 1 is 1.35 bits per heavy atom. The van der Waals surface area contributed by atoms with Crippen LogP contribution in [0.15, 0.2) is 0 Å². The average Bonchev–Trinajstić information content (AvgIpc) is 3.08. The van der Waals surface area contributed by atoms with Crippen LogP contribution in [0.2, 0.25) is 0 Å². The number of rotatable bonds is 10. The predicted molar refractivity (Wildman–Crippen MR) is 68.1 cm³/mol. The minimum Gasteiger partial charge on any atom is -0.389 e. The Balaban J connectivity index is 1.99. The zero-order valence-corrected chi connectivity index (χ0v) is 11.4. The Morgan fingerprint density at radius 3 is 2.59 bits per heavy atom. The van der Waals surface area contributed by atoms with Crippen molar-refractivity contribution in [2.45, 2.75) is 45.3 Å². The van der Waals surface area contributed by atoms with Gasteiger partial charge in [0.1, 0.15) is 0 Å². The number of aliphatic hydroxyl groups is 1. The molecule has 0 bridgehead atoms. The maximum absolute atomic E-state index is 9.73. The summed E-state index contributed by atoms with van der Waals surface area (Å²) < 4.78 is 10.4. The van der Waals surface area contributed by atoms with Crippen molar-refractivity contribution >= 4 is 0 Å². The number of hydrogen-bond donors (Lipinski definition) is 2. The van der Waals surface area contributed by atoms with Crippen LogP contribution in [0, 0.1) is 5.41 Å². The third-order valence-corrected chi connectivity index (χ3v) is 3.56. The molecule has 2 atom stereocenters. The van der Waals surface area contributed by atoms with Gasteiger partial charge in [-0.2, -0.15) is 0 Å². The molecule has 0 aliphatic heterocycles. The number of aliphatic hydroxyl groups excluding tert-OH is 1. The molecule has 4 heteroatoms. The Kier molecular flexibility index (Phi) is 6.41. The monoisotopic (exact) mass is 245 g/mol. The molecule has 2 N–H and O–H groups in total. The van der Waals surface area contributed by atoms with Crippen molar-refractivity contribution in [3.8, 4) is 0 Å². The molecule has 17 heavy (non-hydrogen) atoms. The smallest absolute Gasteiger partial charge is 0.0897 e. The summed E-state index contributed by atoms with van der Waals surface area (Å²) in [6.07, 6.45) is 3.50. The highest BCUT2D eigenvalue weighted by Gasteiger charge is 2.39. The van der Waals surface area contributed by atoms with Crippen LogP contribution in [-0.2, 0) is 9.47 Å². The van der Waals surface area contributed by atoms with Gasteiger partial charge in [-0.25, -0.2) is 0 Å². The quantitative estimate of drug-likeness (QED) is 0.607. The maximum atomic E-state index is 9.73. The summed E-state index contributed by atoms with van der Waals surface area (Å²) >= 11 is 0. The van der Waals surface area contributed by atoms with E-state index in [0.717, 1.165) is 6.54 Å². The van der Waals surface area contributed by atoms with E-state index in [0.29, 0.717) is 25.2 Å². The molecule has 0 aromatic heterocycles. The van der Waals surface area contributed by atoms with Crippen LogP contribution in [0.5, 0.6) is 0 Å². The summed E-state index contributed by atoms with van der Waals surface area (Å²) in [7, 11) is 1.65. The van der Waals surface area contributed by atoms with Crippen LogP contribution >= 0.6 is 0 Å². The minimum absolute atomic E-state index is 0.0417. The van der Waals surface area contributed by atoms with Gasteiger partial charge in [-0.15, -0.1) is 0 Å². The Hall–Kier alpha value is -0.160. The van der Waals surface area contributed by atoms with Gasteiger partial charge in [0, 0.05) is 20.2 Å². The molecule has 0 heterocycles. The third kappa shape index (κ3) is 5.82. The molecule has 2 unspecified atom stereocenters. The molecule has 1 aliphatic carbocycles. The van der Waals surface area contributed by atoms with E-state index in [1.807, 2.05) is 6.92 Å². The van der Waals surface area contributed by atoms with E-state index in [1.54, 1.807) is 7.11 Å². The van der Waals surface area contributed by atoms with Gasteiger partial charge in [-0.05, 0) is 31.6 Å². The van der Waals surface area contributed by atoms with Gasteiger partial charge >= 0.3 is 0 Å². The summed E-state index contributed by atoms with van der Waals surface area (Å²) in [6, 6.07) is 0. The fraction of sp³-hybridized carbons (Fsp3) is 1.00. The number of ether oxygens (including phenoxy) is 2. The normalized spacial score (nSPS) is 21.2. The lowest BCUT2D eigenvalue weighted by molar-refractivity contribution is -0.0312. The molecule has 0 saturated heterocycles. The van der Waals surface area contributed by atoms with Crippen molar-refractivity contribution in [1.29, 1.82) is 0 Å². The highest BCUT2D eigenvalue weighted by molar-refractivity contribution is 4.93. The van der Waals surface area contributed by atoms with Crippen LogP contribution in [0.4, 0.5) is 0 Å². The van der Waals surface area contributed by atoms with E-state index < -0.39 is 6.10 Å². The molecule has 0 aromatic rings. The van der Waals surface area contributed by atoms with E-state index >= 15 is 0 Å². The molecule has 102 valence electrons.